The van der Waals surface area contributed by atoms with E-state index in [0.717, 1.165) is 0 Å². The molecule has 0 saturated heterocycles. The zero-order chi connectivity index (χ0) is 14.5. The third-order valence-corrected chi connectivity index (χ3v) is 3.14. The Morgan fingerprint density at radius 3 is 2.32 bits per heavy atom. The van der Waals surface area contributed by atoms with E-state index in [-0.39, 0.29) is 12.5 Å². The second-order valence-electron chi connectivity index (χ2n) is 4.32. The van der Waals surface area contributed by atoms with Crippen molar-refractivity contribution in [1.29, 1.82) is 0 Å². The van der Waals surface area contributed by atoms with E-state index in [1.54, 1.807) is 26.0 Å². The lowest BCUT2D eigenvalue weighted by molar-refractivity contribution is -0.158. The summed E-state index contributed by atoms with van der Waals surface area (Å²) in [4.78, 5) is 24.6. The molecule has 1 aromatic carbocycles. The summed E-state index contributed by atoms with van der Waals surface area (Å²) in [6, 6.07) is 9.05. The monoisotopic (exact) mass is 265 g/mol. The highest BCUT2D eigenvalue weighted by Crippen LogP contribution is 2.26. The minimum Gasteiger partial charge on any atom is -0.480 e. The number of carboxylic acid groups (broad SMARTS) is 1. The second-order valence-corrected chi connectivity index (χ2v) is 4.32. The van der Waals surface area contributed by atoms with Crippen LogP contribution in [0.1, 0.15) is 19.4 Å². The molecule has 5 nitrogen and oxygen atoms in total. The van der Waals surface area contributed by atoms with Gasteiger partial charge in [-0.25, -0.2) is 0 Å². The van der Waals surface area contributed by atoms with Gasteiger partial charge in [0, 0.05) is 13.7 Å². The Hall–Kier alpha value is -1.88. The van der Waals surface area contributed by atoms with Gasteiger partial charge in [-0.3, -0.25) is 9.59 Å². The summed E-state index contributed by atoms with van der Waals surface area (Å²) in [6.07, 6.45) is 0. The molecule has 0 heterocycles. The number of methoxy groups -OCH3 is 1. The zero-order valence-corrected chi connectivity index (χ0v) is 11.4. The number of carbonyl (C=O) groups is 2. The van der Waals surface area contributed by atoms with E-state index in [2.05, 4.69) is 0 Å². The molecule has 1 amide bonds. The van der Waals surface area contributed by atoms with Crippen molar-refractivity contribution in [3.63, 3.8) is 0 Å². The third-order valence-electron chi connectivity index (χ3n) is 3.14. The maximum absolute atomic E-state index is 12.5. The molecule has 0 aliphatic rings. The van der Waals surface area contributed by atoms with Crippen LogP contribution in [0.25, 0.3) is 0 Å². The molecule has 1 atom stereocenters. The van der Waals surface area contributed by atoms with Gasteiger partial charge in [-0.1, -0.05) is 30.3 Å². The largest absolute Gasteiger partial charge is 0.480 e. The maximum atomic E-state index is 12.5. The van der Waals surface area contributed by atoms with Crippen molar-refractivity contribution < 1.29 is 19.4 Å². The summed E-state index contributed by atoms with van der Waals surface area (Å²) < 4.78 is 5.37. The van der Waals surface area contributed by atoms with Crippen molar-refractivity contribution in [1.82, 2.24) is 4.90 Å². The van der Waals surface area contributed by atoms with Crippen LogP contribution in [0, 0.1) is 0 Å². The Labute approximate surface area is 112 Å². The fraction of sp³-hybridized carbons (Fsp3) is 0.429. The number of benzene rings is 1. The molecule has 0 saturated carbocycles. The summed E-state index contributed by atoms with van der Waals surface area (Å²) in [5, 5.41) is 8.84. The van der Waals surface area contributed by atoms with Crippen LogP contribution in [0.5, 0.6) is 0 Å². The van der Waals surface area contributed by atoms with Crippen LogP contribution in [0.2, 0.25) is 0 Å². The van der Waals surface area contributed by atoms with Gasteiger partial charge in [0.25, 0.3) is 5.91 Å². The van der Waals surface area contributed by atoms with E-state index < -0.39 is 11.6 Å². The molecule has 19 heavy (non-hydrogen) atoms. The van der Waals surface area contributed by atoms with E-state index in [4.69, 9.17) is 9.84 Å². The number of hydrogen-bond donors (Lipinski definition) is 1. The SMILES string of the molecule is CCN(CC(=O)O)C(=O)C(C)(OC)c1ccccc1. The average Bonchev–Trinajstić information content (AvgIpc) is 2.43. The fourth-order valence-corrected chi connectivity index (χ4v) is 1.88. The van der Waals surface area contributed by atoms with Gasteiger partial charge in [0.1, 0.15) is 6.54 Å². The first-order chi connectivity index (χ1) is 8.95. The highest BCUT2D eigenvalue weighted by atomic mass is 16.5. The van der Waals surface area contributed by atoms with E-state index in [1.165, 1.54) is 12.0 Å². The Morgan fingerprint density at radius 1 is 1.32 bits per heavy atom. The molecule has 0 aliphatic carbocycles. The fourth-order valence-electron chi connectivity index (χ4n) is 1.88. The van der Waals surface area contributed by atoms with E-state index >= 15 is 0 Å². The standard InChI is InChI=1S/C14H19NO4/c1-4-15(10-12(16)17)13(18)14(2,19-3)11-8-6-5-7-9-11/h5-9H,4,10H2,1-3H3,(H,16,17). The van der Waals surface area contributed by atoms with Crippen LogP contribution >= 0.6 is 0 Å². The summed E-state index contributed by atoms with van der Waals surface area (Å²) in [6.45, 7) is 3.37. The number of carbonyl (C=O) groups excluding carboxylic acids is 1. The molecule has 0 fully saturated rings. The molecule has 1 rings (SSSR count). The Kier molecular flexibility index (Phi) is 5.06. The predicted octanol–water partition coefficient (Wildman–Crippen LogP) is 1.48. The van der Waals surface area contributed by atoms with Crippen LogP contribution in [-0.4, -0.2) is 42.1 Å². The van der Waals surface area contributed by atoms with Gasteiger partial charge in [0.2, 0.25) is 0 Å². The summed E-state index contributed by atoms with van der Waals surface area (Å²) in [7, 11) is 1.44. The number of amides is 1. The van der Waals surface area contributed by atoms with Crippen molar-refractivity contribution in [3.05, 3.63) is 35.9 Å². The topological polar surface area (TPSA) is 66.8 Å². The average molecular weight is 265 g/mol. The van der Waals surface area contributed by atoms with Crippen molar-refractivity contribution >= 4 is 11.9 Å². The van der Waals surface area contributed by atoms with Crippen molar-refractivity contribution in [2.45, 2.75) is 19.4 Å². The van der Waals surface area contributed by atoms with Gasteiger partial charge in [-0.05, 0) is 19.4 Å². The third kappa shape index (κ3) is 3.32. The summed E-state index contributed by atoms with van der Waals surface area (Å²) >= 11 is 0. The van der Waals surface area contributed by atoms with Crippen molar-refractivity contribution in [2.75, 3.05) is 20.2 Å². The summed E-state index contributed by atoms with van der Waals surface area (Å²) in [5.41, 5.74) is -0.474. The van der Waals surface area contributed by atoms with E-state index in [9.17, 15) is 9.59 Å². The molecule has 0 aliphatic heterocycles. The molecule has 0 bridgehead atoms. The van der Waals surface area contributed by atoms with Crippen LogP contribution in [0.4, 0.5) is 0 Å². The lowest BCUT2D eigenvalue weighted by Gasteiger charge is -2.32. The number of rotatable bonds is 6. The summed E-state index contributed by atoms with van der Waals surface area (Å²) in [5.74, 6) is -1.40. The van der Waals surface area contributed by atoms with E-state index in [0.29, 0.717) is 12.1 Å². The molecule has 1 aromatic rings. The zero-order valence-electron chi connectivity index (χ0n) is 11.4. The first-order valence-electron chi connectivity index (χ1n) is 6.07. The number of likely N-dealkylation sites (N-methyl/N-ethyl adjacent to an activating group) is 1. The van der Waals surface area contributed by atoms with Gasteiger partial charge < -0.3 is 14.7 Å². The minimum atomic E-state index is -1.17. The number of carboxylic acids is 1. The Balaban J connectivity index is 3.07. The van der Waals surface area contributed by atoms with Gasteiger partial charge in [0.15, 0.2) is 5.60 Å². The first kappa shape index (κ1) is 15.2. The van der Waals surface area contributed by atoms with Crippen LogP contribution in [0.15, 0.2) is 30.3 Å². The minimum absolute atomic E-state index is 0.316. The predicted molar refractivity (Wildman–Crippen MR) is 70.7 cm³/mol. The van der Waals surface area contributed by atoms with Gasteiger partial charge in [0.05, 0.1) is 0 Å². The quantitative estimate of drug-likeness (QED) is 0.846. The number of hydrogen-bond acceptors (Lipinski definition) is 3. The maximum Gasteiger partial charge on any atom is 0.323 e. The van der Waals surface area contributed by atoms with Crippen LogP contribution in [-0.2, 0) is 19.9 Å². The van der Waals surface area contributed by atoms with Gasteiger partial charge in [-0.15, -0.1) is 0 Å². The highest BCUT2D eigenvalue weighted by Gasteiger charge is 2.38. The van der Waals surface area contributed by atoms with Crippen LogP contribution in [0.3, 0.4) is 0 Å². The van der Waals surface area contributed by atoms with Gasteiger partial charge >= 0.3 is 5.97 Å². The number of ether oxygens (including phenoxy) is 1. The Bertz CT molecular complexity index is 446. The lowest BCUT2D eigenvalue weighted by Crippen LogP contribution is -2.48. The van der Waals surface area contributed by atoms with Crippen molar-refractivity contribution in [2.24, 2.45) is 0 Å². The molecular weight excluding hydrogens is 246 g/mol. The number of nitrogens with zero attached hydrogens (tertiary/aromatic N) is 1. The molecule has 1 unspecified atom stereocenters. The highest BCUT2D eigenvalue weighted by molar-refractivity contribution is 5.88. The molecule has 1 N–H and O–H groups in total. The Morgan fingerprint density at radius 2 is 1.89 bits per heavy atom. The lowest BCUT2D eigenvalue weighted by atomic mass is 9.94. The molecule has 0 spiro atoms. The normalized spacial score (nSPS) is 13.6. The molecule has 5 heteroatoms. The smallest absolute Gasteiger partial charge is 0.323 e. The van der Waals surface area contributed by atoms with Crippen LogP contribution < -0.4 is 0 Å². The van der Waals surface area contributed by atoms with E-state index in [1.807, 2.05) is 18.2 Å². The molecule has 0 radical (unpaired) electrons. The molecule has 104 valence electrons. The second kappa shape index (κ2) is 6.33. The van der Waals surface area contributed by atoms with Gasteiger partial charge in [-0.2, -0.15) is 0 Å². The molecular formula is C14H19NO4. The molecule has 0 aromatic heterocycles. The first-order valence-corrected chi connectivity index (χ1v) is 6.07. The number of aliphatic carboxylic acids is 1. The van der Waals surface area contributed by atoms with Crippen molar-refractivity contribution in [3.8, 4) is 0 Å².